The summed E-state index contributed by atoms with van der Waals surface area (Å²) in [5.41, 5.74) is 1.25. The maximum absolute atomic E-state index is 13.5. The average molecular weight is 551 g/mol. The molecular formula is C26H38N2O7SSi. The molecule has 11 heteroatoms. The van der Waals surface area contributed by atoms with Gasteiger partial charge in [-0.3, -0.25) is 19.8 Å². The zero-order valence-electron chi connectivity index (χ0n) is 22.9. The Morgan fingerprint density at radius 1 is 1.27 bits per heavy atom. The fourth-order valence-corrected chi connectivity index (χ4v) is 6.32. The summed E-state index contributed by atoms with van der Waals surface area (Å²) >= 11 is 1.24. The highest BCUT2D eigenvalue weighted by molar-refractivity contribution is 8.03. The predicted molar refractivity (Wildman–Crippen MR) is 147 cm³/mol. The van der Waals surface area contributed by atoms with E-state index in [-0.39, 0.29) is 35.5 Å². The second kappa shape index (κ2) is 11.9. The molecule has 0 aliphatic carbocycles. The highest BCUT2D eigenvalue weighted by Crippen LogP contribution is 2.46. The van der Waals surface area contributed by atoms with Gasteiger partial charge < -0.3 is 14.3 Å². The van der Waals surface area contributed by atoms with Gasteiger partial charge in [-0.25, -0.2) is 4.79 Å². The minimum absolute atomic E-state index is 0.0438. The van der Waals surface area contributed by atoms with Crippen LogP contribution in [0.3, 0.4) is 0 Å². The first-order valence-corrected chi connectivity index (χ1v) is 15.8. The van der Waals surface area contributed by atoms with Crippen LogP contribution in [0.25, 0.3) is 0 Å². The number of carbonyl (C=O) groups is 2. The number of rotatable bonds is 11. The molecule has 1 amide bonds. The highest BCUT2D eigenvalue weighted by atomic mass is 32.2. The Kier molecular flexibility index (Phi) is 9.91. The van der Waals surface area contributed by atoms with Gasteiger partial charge in [-0.05, 0) is 62.2 Å². The fraction of sp³-hybridized carbons (Fsp3) is 0.538. The van der Waals surface area contributed by atoms with Gasteiger partial charge in [0, 0.05) is 17.0 Å². The number of β-lactam (4-membered cyclic amide) rings is 1. The van der Waals surface area contributed by atoms with Gasteiger partial charge in [0.1, 0.15) is 17.7 Å². The summed E-state index contributed by atoms with van der Waals surface area (Å²) in [5.74, 6) is -1.46. The lowest BCUT2D eigenvalue weighted by Crippen LogP contribution is -2.64. The van der Waals surface area contributed by atoms with Gasteiger partial charge in [-0.1, -0.05) is 27.4 Å². The van der Waals surface area contributed by atoms with Crippen LogP contribution in [0.2, 0.25) is 18.1 Å². The maximum atomic E-state index is 13.5. The number of amides is 1. The zero-order chi connectivity index (χ0) is 28.3. The first-order valence-electron chi connectivity index (χ1n) is 12.1. The van der Waals surface area contributed by atoms with E-state index in [4.69, 9.17) is 9.16 Å². The first-order chi connectivity index (χ1) is 17.0. The van der Waals surface area contributed by atoms with Crippen LogP contribution in [-0.4, -0.2) is 53.2 Å². The molecule has 0 unspecified atom stereocenters. The van der Waals surface area contributed by atoms with Crippen LogP contribution >= 0.6 is 11.8 Å². The number of allylic oxidation sites excluding steroid dienone is 1. The van der Waals surface area contributed by atoms with Gasteiger partial charge in [0.25, 0.3) is 5.69 Å². The highest BCUT2D eigenvalue weighted by Gasteiger charge is 2.55. The van der Waals surface area contributed by atoms with E-state index in [1.807, 2.05) is 6.92 Å². The van der Waals surface area contributed by atoms with Crippen molar-refractivity contribution in [2.75, 3.05) is 6.61 Å². The van der Waals surface area contributed by atoms with Crippen molar-refractivity contribution >= 4 is 37.6 Å². The minimum atomic E-state index is -2.17. The first kappa shape index (κ1) is 30.7. The number of non-ortho nitro benzene ring substituents is 1. The molecule has 1 aliphatic rings. The molecule has 37 heavy (non-hydrogen) atoms. The lowest BCUT2D eigenvalue weighted by molar-refractivity contribution is -0.384. The third kappa shape index (κ3) is 7.10. The van der Waals surface area contributed by atoms with Gasteiger partial charge in [-0.2, -0.15) is 0 Å². The number of benzene rings is 1. The van der Waals surface area contributed by atoms with Crippen molar-refractivity contribution in [2.45, 2.75) is 77.8 Å². The van der Waals surface area contributed by atoms with Crippen molar-refractivity contribution in [3.63, 3.8) is 0 Å². The molecular weight excluding hydrogens is 512 g/mol. The fourth-order valence-electron chi connectivity index (χ4n) is 3.68. The molecule has 1 fully saturated rings. The summed E-state index contributed by atoms with van der Waals surface area (Å²) < 4.78 is 12.0. The number of aliphatic hydroxyl groups excluding tert-OH is 1. The zero-order valence-corrected chi connectivity index (χ0v) is 24.7. The Morgan fingerprint density at radius 2 is 1.84 bits per heavy atom. The summed E-state index contributed by atoms with van der Waals surface area (Å²) in [6, 6.07) is 5.71. The number of nitro groups is 1. The Balaban J connectivity index is 2.27. The molecule has 0 bridgehead atoms. The van der Waals surface area contributed by atoms with Gasteiger partial charge in [-0.15, -0.1) is 11.8 Å². The molecule has 1 aromatic carbocycles. The van der Waals surface area contributed by atoms with E-state index in [1.54, 1.807) is 13.8 Å². The summed E-state index contributed by atoms with van der Waals surface area (Å²) in [5, 5.41) is 19.9. The van der Waals surface area contributed by atoms with E-state index >= 15 is 0 Å². The number of hydrogen-bond donors (Lipinski definition) is 1. The van der Waals surface area contributed by atoms with E-state index in [2.05, 4.69) is 40.4 Å². The third-order valence-electron chi connectivity index (χ3n) is 6.77. The van der Waals surface area contributed by atoms with Crippen LogP contribution in [0.15, 0.2) is 47.0 Å². The number of likely N-dealkylation sites (tertiary alicyclic amines) is 1. The Labute approximate surface area is 224 Å². The van der Waals surface area contributed by atoms with E-state index in [0.717, 1.165) is 0 Å². The number of aliphatic hydroxyl groups is 1. The van der Waals surface area contributed by atoms with Crippen molar-refractivity contribution in [1.82, 2.24) is 4.90 Å². The van der Waals surface area contributed by atoms with Gasteiger partial charge in [0.2, 0.25) is 5.91 Å². The van der Waals surface area contributed by atoms with Crippen LogP contribution < -0.4 is 0 Å². The van der Waals surface area contributed by atoms with Crippen molar-refractivity contribution in [3.8, 4) is 0 Å². The minimum Gasteiger partial charge on any atom is -0.456 e. The van der Waals surface area contributed by atoms with Crippen molar-refractivity contribution in [1.29, 1.82) is 0 Å². The molecule has 204 valence electrons. The summed E-state index contributed by atoms with van der Waals surface area (Å²) in [4.78, 5) is 38.9. The van der Waals surface area contributed by atoms with E-state index in [0.29, 0.717) is 16.0 Å². The molecule has 1 aliphatic heterocycles. The van der Waals surface area contributed by atoms with Gasteiger partial charge in [0.05, 0.1) is 23.6 Å². The van der Waals surface area contributed by atoms with Crippen LogP contribution in [-0.2, 0) is 25.4 Å². The van der Waals surface area contributed by atoms with Crippen LogP contribution in [0, 0.1) is 16.0 Å². The second-order valence-corrected chi connectivity index (χ2v) is 16.9. The van der Waals surface area contributed by atoms with Crippen LogP contribution in [0.4, 0.5) is 5.69 Å². The lowest BCUT2D eigenvalue weighted by atomic mass is 9.91. The summed E-state index contributed by atoms with van der Waals surface area (Å²) in [6.07, 6.45) is -0.400. The number of ether oxygens (including phenoxy) is 1. The molecule has 1 aromatic rings. The monoisotopic (exact) mass is 550 g/mol. The molecule has 3 atom stereocenters. The number of esters is 1. The molecule has 1 saturated heterocycles. The standard InChI is InChI=1S/C26H38N2O7SSi/c1-16(2)22(25(31)34-15-19-10-12-20(13-11-19)28(32)33)27-23(30)21(24(27)36-17(3)14-29)18(4)35-37(8,9)26(5,6)7/h10-13,18,21,24,29H,3,14-15H2,1-2,4-9H3/t18-,21+,24-/m1/s1. The molecule has 0 aromatic heterocycles. The lowest BCUT2D eigenvalue weighted by Gasteiger charge is -2.51. The molecule has 0 saturated carbocycles. The molecule has 0 spiro atoms. The average Bonchev–Trinajstić information content (AvgIpc) is 2.79. The Bertz CT molecular complexity index is 1080. The largest absolute Gasteiger partial charge is 0.456 e. The smallest absolute Gasteiger partial charge is 0.355 e. The quantitative estimate of drug-likeness (QED) is 0.0976. The Morgan fingerprint density at radius 3 is 2.30 bits per heavy atom. The number of hydrogen-bond acceptors (Lipinski definition) is 8. The predicted octanol–water partition coefficient (Wildman–Crippen LogP) is 5.37. The normalized spacial score (nSPS) is 18.6. The number of nitrogens with zero attached hydrogens (tertiary/aromatic N) is 2. The second-order valence-electron chi connectivity index (χ2n) is 10.9. The van der Waals surface area contributed by atoms with E-state index in [9.17, 15) is 24.8 Å². The number of thioether (sulfide) groups is 1. The summed E-state index contributed by atoms with van der Waals surface area (Å²) in [7, 11) is -2.17. The number of nitro benzene ring substituents is 1. The van der Waals surface area contributed by atoms with Crippen molar-refractivity contribution < 1.29 is 28.8 Å². The molecule has 0 radical (unpaired) electrons. The molecule has 2 rings (SSSR count). The van der Waals surface area contributed by atoms with Crippen molar-refractivity contribution in [3.05, 3.63) is 62.7 Å². The molecule has 9 nitrogen and oxygen atoms in total. The third-order valence-corrected chi connectivity index (χ3v) is 12.5. The Hall–Kier alpha value is -2.47. The van der Waals surface area contributed by atoms with Gasteiger partial charge >= 0.3 is 5.97 Å². The topological polar surface area (TPSA) is 119 Å². The van der Waals surface area contributed by atoms with Gasteiger partial charge in [0.15, 0.2) is 8.32 Å². The number of carbonyl (C=O) groups excluding carboxylic acids is 2. The SMILES string of the molecule is C=C(CO)S[C@@H]1[C@@H]([C@@H](C)O[Si](C)(C)C(C)(C)C)C(=O)N1C(C(=O)OCc1ccc([N+](=O)[O-])cc1)=C(C)C. The van der Waals surface area contributed by atoms with E-state index < -0.39 is 36.6 Å². The maximum Gasteiger partial charge on any atom is 0.355 e. The molecule has 1 heterocycles. The summed E-state index contributed by atoms with van der Waals surface area (Å²) in [6.45, 7) is 19.5. The van der Waals surface area contributed by atoms with E-state index in [1.165, 1.54) is 40.9 Å². The molecule has 1 N–H and O–H groups in total. The van der Waals surface area contributed by atoms with Crippen molar-refractivity contribution in [2.24, 2.45) is 5.92 Å². The van der Waals surface area contributed by atoms with Crippen LogP contribution in [0.5, 0.6) is 0 Å². The van der Waals surface area contributed by atoms with Crippen LogP contribution in [0.1, 0.15) is 47.1 Å².